The molecule has 5 heterocycles. The molecule has 0 unspecified atom stereocenters. The molecule has 0 bridgehead atoms. The average Bonchev–Trinajstić information content (AvgIpc) is 3.94. The third-order valence-electron chi connectivity index (χ3n) is 12.7. The van der Waals surface area contributed by atoms with Crippen LogP contribution in [-0.4, -0.2) is 81.8 Å². The van der Waals surface area contributed by atoms with Crippen molar-refractivity contribution in [1.29, 1.82) is 0 Å². The van der Waals surface area contributed by atoms with Crippen molar-refractivity contribution in [3.8, 4) is 22.9 Å². The summed E-state index contributed by atoms with van der Waals surface area (Å²) in [6, 6.07) is 22.4. The maximum Gasteiger partial charge on any atom is 0.298 e. The van der Waals surface area contributed by atoms with Crippen LogP contribution in [0.2, 0.25) is 5.02 Å². The monoisotopic (exact) mass is 883 g/mol. The molecule has 3 aliphatic rings. The number of rotatable bonds is 11. The van der Waals surface area contributed by atoms with Crippen molar-refractivity contribution in [3.05, 3.63) is 135 Å². The fourth-order valence-corrected chi connectivity index (χ4v) is 10.3. The lowest BCUT2D eigenvalue weighted by Gasteiger charge is -2.47. The molecular formula is C46H42ClN9O6S. The molecule has 7 aromatic rings. The number of carbonyl (C=O) groups is 1. The third-order valence-corrected chi connectivity index (χ3v) is 14.3. The minimum Gasteiger partial charge on any atom is -0.455 e. The highest BCUT2D eigenvalue weighted by atomic mass is 35.5. The van der Waals surface area contributed by atoms with Crippen LogP contribution >= 0.6 is 11.6 Å². The smallest absolute Gasteiger partial charge is 0.298 e. The predicted molar refractivity (Wildman–Crippen MR) is 240 cm³/mol. The first-order chi connectivity index (χ1) is 30.5. The summed E-state index contributed by atoms with van der Waals surface area (Å²) in [5.41, 5.74) is 6.13. The molecule has 3 aromatic carbocycles. The first kappa shape index (κ1) is 40.5. The second kappa shape index (κ2) is 16.3. The quantitative estimate of drug-likeness (QED) is 0.0830. The second-order valence-corrected chi connectivity index (χ2v) is 18.7. The van der Waals surface area contributed by atoms with Crippen molar-refractivity contribution in [2.75, 3.05) is 37.6 Å². The number of H-pyrrole nitrogens is 2. The number of imidazole rings is 1. The summed E-state index contributed by atoms with van der Waals surface area (Å²) in [6.45, 7) is 4.00. The molecule has 3 N–H and O–H groups in total. The average molecular weight is 884 g/mol. The summed E-state index contributed by atoms with van der Waals surface area (Å²) in [5.74, 6) is -0.268. The van der Waals surface area contributed by atoms with Crippen molar-refractivity contribution < 1.29 is 22.9 Å². The van der Waals surface area contributed by atoms with Gasteiger partial charge in [-0.1, -0.05) is 35.7 Å². The number of benzene rings is 3. The van der Waals surface area contributed by atoms with Gasteiger partial charge in [0.25, 0.3) is 21.6 Å². The van der Waals surface area contributed by atoms with Gasteiger partial charge in [0.15, 0.2) is 5.52 Å². The number of non-ortho nitro benzene ring substituents is 1. The second-order valence-electron chi connectivity index (χ2n) is 16.6. The van der Waals surface area contributed by atoms with Crippen LogP contribution in [0.5, 0.6) is 11.5 Å². The molecular weight excluding hydrogens is 842 g/mol. The zero-order valence-corrected chi connectivity index (χ0v) is 35.6. The van der Waals surface area contributed by atoms with Gasteiger partial charge in [0.05, 0.1) is 27.1 Å². The molecule has 0 radical (unpaired) electrons. The molecule has 4 aromatic heterocycles. The van der Waals surface area contributed by atoms with E-state index in [4.69, 9.17) is 16.3 Å². The Morgan fingerprint density at radius 2 is 1.79 bits per heavy atom. The number of aromatic nitrogens is 5. The van der Waals surface area contributed by atoms with E-state index in [-0.39, 0.29) is 28.2 Å². The number of hydrogen-bond acceptors (Lipinski definition) is 11. The highest BCUT2D eigenvalue weighted by Gasteiger charge is 2.41. The highest BCUT2D eigenvalue weighted by Crippen LogP contribution is 2.55. The number of pyridine rings is 2. The van der Waals surface area contributed by atoms with Crippen LogP contribution in [0.15, 0.2) is 114 Å². The van der Waals surface area contributed by atoms with Crippen molar-refractivity contribution in [3.63, 3.8) is 0 Å². The van der Waals surface area contributed by atoms with E-state index in [2.05, 4.69) is 51.6 Å². The SMILES string of the molecule is O=C(NS(=O)(=O)c1cc([N+](=O)[O-])c2nc(-c3cccnc3)[nH]c2c1)c1ccc(N2CCN(CC3=C(c4ccc(Cl)cc4)CC4(CCC4)CC3)CC2)cc1Oc1cnc2[nH]ccc2c1. The van der Waals surface area contributed by atoms with Crippen LogP contribution in [0.25, 0.3) is 39.0 Å². The number of halogens is 1. The number of amides is 1. The Morgan fingerprint density at radius 3 is 2.54 bits per heavy atom. The number of hydrogen-bond donors (Lipinski definition) is 3. The van der Waals surface area contributed by atoms with Gasteiger partial charge in [0, 0.05) is 85.1 Å². The van der Waals surface area contributed by atoms with Crippen molar-refractivity contribution in [1.82, 2.24) is 34.5 Å². The first-order valence-electron chi connectivity index (χ1n) is 20.8. The molecule has 1 spiro atoms. The number of fused-ring (bicyclic) bond motifs is 2. The number of aromatic amines is 2. The molecule has 1 aliphatic heterocycles. The van der Waals surface area contributed by atoms with E-state index < -0.39 is 31.4 Å². The predicted octanol–water partition coefficient (Wildman–Crippen LogP) is 8.90. The Kier molecular flexibility index (Phi) is 10.4. The molecule has 0 atom stereocenters. The molecule has 10 rings (SSSR count). The lowest BCUT2D eigenvalue weighted by atomic mass is 9.59. The standard InChI is InChI=1S/C46H42ClN9O6S/c47-33-6-4-29(5-7-33)38-25-46(12-2-13-46)14-10-32(38)28-54-17-19-55(20-18-54)34-8-9-37(41(22-34)62-35-21-30-11-16-49-43(30)50-27-35)45(57)53-63(60,61)36-23-39-42(40(24-36)56(58)59)52-44(51-39)31-3-1-15-48-26-31/h1,3-9,11,15-16,21-24,26-27H,2,10,12-14,17-20,25,28H2,(H,49,50)(H,51,52)(H,53,57). The van der Waals surface area contributed by atoms with Crippen LogP contribution in [0.3, 0.4) is 0 Å². The number of allylic oxidation sites excluding steroid dienone is 1. The number of carbonyl (C=O) groups excluding carboxylic acids is 1. The summed E-state index contributed by atoms with van der Waals surface area (Å²) >= 11 is 6.28. The maximum absolute atomic E-state index is 14.0. The van der Waals surface area contributed by atoms with Gasteiger partial charge in [-0.25, -0.2) is 23.1 Å². The van der Waals surface area contributed by atoms with E-state index in [1.165, 1.54) is 66.9 Å². The molecule has 320 valence electrons. The number of piperazine rings is 1. The van der Waals surface area contributed by atoms with E-state index in [0.29, 0.717) is 22.4 Å². The zero-order chi connectivity index (χ0) is 43.3. The largest absolute Gasteiger partial charge is 0.455 e. The number of nitrogens with one attached hydrogen (secondary N) is 3. The van der Waals surface area contributed by atoms with Gasteiger partial charge in [0.1, 0.15) is 23.0 Å². The molecule has 1 saturated heterocycles. The molecule has 1 amide bonds. The van der Waals surface area contributed by atoms with Gasteiger partial charge in [-0.2, -0.15) is 0 Å². The Morgan fingerprint density at radius 1 is 0.968 bits per heavy atom. The minimum absolute atomic E-state index is 0.0418. The Bertz CT molecular complexity index is 3050. The lowest BCUT2D eigenvalue weighted by Crippen LogP contribution is -2.47. The fraction of sp³-hybridized carbons (Fsp3) is 0.261. The Labute approximate surface area is 367 Å². The number of sulfonamides is 1. The highest BCUT2D eigenvalue weighted by molar-refractivity contribution is 7.90. The number of nitrogens with zero attached hydrogens (tertiary/aromatic N) is 6. The van der Waals surface area contributed by atoms with E-state index in [1.54, 1.807) is 42.7 Å². The number of anilines is 1. The molecule has 15 nitrogen and oxygen atoms in total. The molecule has 1 saturated carbocycles. The summed E-state index contributed by atoms with van der Waals surface area (Å²) < 4.78 is 36.2. The number of ether oxygens (including phenoxy) is 1. The molecule has 2 fully saturated rings. The fourth-order valence-electron chi connectivity index (χ4n) is 9.15. The van der Waals surface area contributed by atoms with Crippen molar-refractivity contribution in [2.45, 2.75) is 43.4 Å². The van der Waals surface area contributed by atoms with Crippen LogP contribution in [-0.2, 0) is 10.0 Å². The summed E-state index contributed by atoms with van der Waals surface area (Å²) in [4.78, 5) is 48.6. The summed E-state index contributed by atoms with van der Waals surface area (Å²) in [6.07, 6.45) is 13.7. The first-order valence-corrected chi connectivity index (χ1v) is 22.7. The Balaban J connectivity index is 0.905. The van der Waals surface area contributed by atoms with Gasteiger partial charge < -0.3 is 19.6 Å². The normalized spacial score (nSPS) is 16.7. The van der Waals surface area contributed by atoms with Crippen LogP contribution in [0.1, 0.15) is 54.4 Å². The van der Waals surface area contributed by atoms with E-state index in [0.717, 1.165) is 67.7 Å². The Hall–Kier alpha value is -6.62. The van der Waals surface area contributed by atoms with Gasteiger partial charge >= 0.3 is 0 Å². The summed E-state index contributed by atoms with van der Waals surface area (Å²) in [5, 5.41) is 13.7. The van der Waals surface area contributed by atoms with E-state index >= 15 is 0 Å². The van der Waals surface area contributed by atoms with Crippen LogP contribution in [0.4, 0.5) is 11.4 Å². The number of nitro benzene ring substituents is 1. The third kappa shape index (κ3) is 8.12. The molecule has 63 heavy (non-hydrogen) atoms. The molecule has 2 aliphatic carbocycles. The van der Waals surface area contributed by atoms with Crippen molar-refractivity contribution in [2.24, 2.45) is 5.41 Å². The van der Waals surface area contributed by atoms with Gasteiger partial charge in [-0.3, -0.25) is 24.8 Å². The van der Waals surface area contributed by atoms with Gasteiger partial charge in [-0.15, -0.1) is 0 Å². The minimum atomic E-state index is -4.66. The summed E-state index contributed by atoms with van der Waals surface area (Å²) in [7, 11) is -4.66. The lowest BCUT2D eigenvalue weighted by molar-refractivity contribution is -0.383. The van der Waals surface area contributed by atoms with Gasteiger partial charge in [0.2, 0.25) is 0 Å². The van der Waals surface area contributed by atoms with E-state index in [9.17, 15) is 23.3 Å². The van der Waals surface area contributed by atoms with Gasteiger partial charge in [-0.05, 0) is 103 Å². The topological polar surface area (TPSA) is 192 Å². The molecule has 17 heteroatoms. The zero-order valence-electron chi connectivity index (χ0n) is 34.0. The van der Waals surface area contributed by atoms with Crippen LogP contribution < -0.4 is 14.4 Å². The van der Waals surface area contributed by atoms with Crippen molar-refractivity contribution >= 4 is 66.5 Å². The maximum atomic E-state index is 14.0. The number of nitro groups is 1. The van der Waals surface area contributed by atoms with E-state index in [1.807, 2.05) is 18.2 Å². The van der Waals surface area contributed by atoms with Crippen LogP contribution in [0, 0.1) is 15.5 Å².